The largest absolute Gasteiger partial charge is 0.383 e. The van der Waals surface area contributed by atoms with Crippen molar-refractivity contribution >= 4 is 23.2 Å². The number of rotatable bonds is 8. The lowest BCUT2D eigenvalue weighted by molar-refractivity contribution is -0.135. The zero-order chi connectivity index (χ0) is 23.2. The van der Waals surface area contributed by atoms with Crippen molar-refractivity contribution in [2.75, 3.05) is 53.0 Å². The number of benzene rings is 1. The summed E-state index contributed by atoms with van der Waals surface area (Å²) in [4.78, 5) is 33.4. The molecule has 0 radical (unpaired) electrons. The van der Waals surface area contributed by atoms with Crippen molar-refractivity contribution < 1.29 is 18.7 Å². The molecule has 2 saturated heterocycles. The quantitative estimate of drug-likeness (QED) is 0.635. The van der Waals surface area contributed by atoms with Crippen LogP contribution >= 0.6 is 11.3 Å². The third-order valence-corrected chi connectivity index (χ3v) is 7.24. The molecule has 0 spiro atoms. The highest BCUT2D eigenvalue weighted by molar-refractivity contribution is 7.12. The van der Waals surface area contributed by atoms with Crippen LogP contribution in [0.15, 0.2) is 41.8 Å². The molecular weight excluding hydrogens is 443 g/mol. The fourth-order valence-corrected chi connectivity index (χ4v) is 5.28. The summed E-state index contributed by atoms with van der Waals surface area (Å²) >= 11 is 1.40. The number of likely N-dealkylation sites (tertiary alicyclic amines) is 1. The molecule has 7 nitrogen and oxygen atoms in total. The van der Waals surface area contributed by atoms with E-state index in [1.165, 1.54) is 23.5 Å². The Morgan fingerprint density at radius 2 is 1.97 bits per heavy atom. The summed E-state index contributed by atoms with van der Waals surface area (Å²) in [5.41, 5.74) is 0.987. The van der Waals surface area contributed by atoms with E-state index in [0.29, 0.717) is 50.6 Å². The smallest absolute Gasteiger partial charge is 0.264 e. The maximum absolute atomic E-state index is 13.5. The summed E-state index contributed by atoms with van der Waals surface area (Å²) in [7, 11) is 1.66. The Balaban J connectivity index is 1.56. The topological polar surface area (TPSA) is 65.1 Å². The molecule has 2 fully saturated rings. The van der Waals surface area contributed by atoms with Crippen LogP contribution in [0.1, 0.15) is 21.7 Å². The minimum Gasteiger partial charge on any atom is -0.383 e. The van der Waals surface area contributed by atoms with Crippen molar-refractivity contribution in [3.8, 4) is 0 Å². The molecule has 2 aliphatic heterocycles. The van der Waals surface area contributed by atoms with Gasteiger partial charge >= 0.3 is 0 Å². The van der Waals surface area contributed by atoms with E-state index in [-0.39, 0.29) is 23.7 Å². The van der Waals surface area contributed by atoms with E-state index in [1.807, 2.05) is 22.4 Å². The number of carbonyl (C=O) groups excluding carboxylic acids is 2. The van der Waals surface area contributed by atoms with Crippen LogP contribution in [-0.2, 0) is 16.1 Å². The van der Waals surface area contributed by atoms with Gasteiger partial charge in [-0.1, -0.05) is 18.2 Å². The molecule has 0 saturated carbocycles. The molecule has 0 aliphatic carbocycles. The highest BCUT2D eigenvalue weighted by atomic mass is 32.1. The molecule has 1 N–H and O–H groups in total. The highest BCUT2D eigenvalue weighted by Gasteiger charge is 2.43. The SMILES string of the molecule is COCCN(Cc1ccc(F)cc1)C1CC(C(=O)N2CCNCC2)N(C(=O)c2cccs2)C1. The Kier molecular flexibility index (Phi) is 8.08. The zero-order valence-corrected chi connectivity index (χ0v) is 19.7. The van der Waals surface area contributed by atoms with Crippen LogP contribution in [0.25, 0.3) is 0 Å². The van der Waals surface area contributed by atoms with Gasteiger partial charge in [-0.05, 0) is 35.6 Å². The summed E-state index contributed by atoms with van der Waals surface area (Å²) in [5.74, 6) is -0.329. The lowest BCUT2D eigenvalue weighted by Crippen LogP contribution is -2.53. The molecule has 0 bridgehead atoms. The number of nitrogens with zero attached hydrogens (tertiary/aromatic N) is 3. The minimum atomic E-state index is -0.485. The maximum atomic E-state index is 13.5. The molecule has 178 valence electrons. The summed E-state index contributed by atoms with van der Waals surface area (Å²) in [6.07, 6.45) is 0.574. The Labute approximate surface area is 198 Å². The lowest BCUT2D eigenvalue weighted by atomic mass is 10.1. The highest BCUT2D eigenvalue weighted by Crippen LogP contribution is 2.28. The average Bonchev–Trinajstić information content (AvgIpc) is 3.53. The van der Waals surface area contributed by atoms with Crippen LogP contribution in [0.2, 0.25) is 0 Å². The van der Waals surface area contributed by atoms with Gasteiger partial charge in [0.15, 0.2) is 0 Å². The number of carbonyl (C=O) groups is 2. The van der Waals surface area contributed by atoms with Gasteiger partial charge in [0.25, 0.3) is 5.91 Å². The van der Waals surface area contributed by atoms with E-state index < -0.39 is 6.04 Å². The first-order valence-electron chi connectivity index (χ1n) is 11.4. The maximum Gasteiger partial charge on any atom is 0.264 e. The van der Waals surface area contributed by atoms with E-state index in [4.69, 9.17) is 4.74 Å². The van der Waals surface area contributed by atoms with E-state index in [9.17, 15) is 14.0 Å². The van der Waals surface area contributed by atoms with Crippen molar-refractivity contribution in [3.63, 3.8) is 0 Å². The van der Waals surface area contributed by atoms with Gasteiger partial charge in [0.2, 0.25) is 5.91 Å². The third kappa shape index (κ3) is 5.78. The standard InChI is InChI=1S/C24H31FN4O3S/c1-32-13-12-28(16-18-4-6-19(25)7-5-18)20-15-21(23(30)27-10-8-26-9-11-27)29(17-20)24(31)22-3-2-14-33-22/h2-7,14,20-21,26H,8-13,15-17H2,1H3. The van der Waals surface area contributed by atoms with Gasteiger partial charge in [0.05, 0.1) is 11.5 Å². The number of halogens is 1. The van der Waals surface area contributed by atoms with Crippen LogP contribution in [0.3, 0.4) is 0 Å². The molecule has 3 heterocycles. The lowest BCUT2D eigenvalue weighted by Gasteiger charge is -2.32. The average molecular weight is 475 g/mol. The predicted octanol–water partition coefficient (Wildman–Crippen LogP) is 2.05. The molecule has 2 amide bonds. The molecule has 4 rings (SSSR count). The summed E-state index contributed by atoms with van der Waals surface area (Å²) < 4.78 is 18.7. The first-order chi connectivity index (χ1) is 16.1. The molecule has 2 aliphatic rings. The van der Waals surface area contributed by atoms with E-state index >= 15 is 0 Å². The Bertz CT molecular complexity index is 918. The summed E-state index contributed by atoms with van der Waals surface area (Å²) in [6.45, 7) is 5.12. The van der Waals surface area contributed by atoms with Crippen molar-refractivity contribution in [2.45, 2.75) is 25.0 Å². The number of thiophene rings is 1. The third-order valence-electron chi connectivity index (χ3n) is 6.38. The molecule has 33 heavy (non-hydrogen) atoms. The van der Waals surface area contributed by atoms with Crippen LogP contribution in [0.4, 0.5) is 4.39 Å². The van der Waals surface area contributed by atoms with Crippen LogP contribution < -0.4 is 5.32 Å². The van der Waals surface area contributed by atoms with Gasteiger partial charge < -0.3 is 19.9 Å². The number of ether oxygens (including phenoxy) is 1. The number of methoxy groups -OCH3 is 1. The van der Waals surface area contributed by atoms with Crippen molar-refractivity contribution in [1.29, 1.82) is 0 Å². The van der Waals surface area contributed by atoms with E-state index in [1.54, 1.807) is 24.1 Å². The molecule has 2 aromatic rings. The second kappa shape index (κ2) is 11.2. The minimum absolute atomic E-state index is 0.00554. The van der Waals surface area contributed by atoms with Gasteiger partial charge in [0.1, 0.15) is 11.9 Å². The second-order valence-corrected chi connectivity index (χ2v) is 9.45. The molecular formula is C24H31FN4O3S. The molecule has 2 unspecified atom stereocenters. The van der Waals surface area contributed by atoms with Gasteiger partial charge in [0, 0.05) is 59.0 Å². The Morgan fingerprint density at radius 3 is 2.64 bits per heavy atom. The number of piperazine rings is 1. The van der Waals surface area contributed by atoms with Gasteiger partial charge in [-0.2, -0.15) is 0 Å². The molecule has 1 aromatic carbocycles. The van der Waals surface area contributed by atoms with Gasteiger partial charge in [-0.25, -0.2) is 4.39 Å². The fourth-order valence-electron chi connectivity index (χ4n) is 4.60. The van der Waals surface area contributed by atoms with Crippen molar-refractivity contribution in [3.05, 3.63) is 58.0 Å². The second-order valence-electron chi connectivity index (χ2n) is 8.51. The fraction of sp³-hybridized carbons (Fsp3) is 0.500. The first kappa shape index (κ1) is 23.8. The Morgan fingerprint density at radius 1 is 1.21 bits per heavy atom. The number of amides is 2. The summed E-state index contributed by atoms with van der Waals surface area (Å²) in [5, 5.41) is 5.16. The Hall–Kier alpha value is -2.33. The first-order valence-corrected chi connectivity index (χ1v) is 12.3. The van der Waals surface area contributed by atoms with Crippen LogP contribution in [0, 0.1) is 5.82 Å². The van der Waals surface area contributed by atoms with Gasteiger partial charge in [-0.3, -0.25) is 14.5 Å². The van der Waals surface area contributed by atoms with Crippen molar-refractivity contribution in [2.24, 2.45) is 0 Å². The van der Waals surface area contributed by atoms with Crippen LogP contribution in [-0.4, -0.2) is 91.6 Å². The number of nitrogens with one attached hydrogen (secondary N) is 1. The molecule has 2 atom stereocenters. The van der Waals surface area contributed by atoms with E-state index in [2.05, 4.69) is 10.2 Å². The molecule has 9 heteroatoms. The number of hydrogen-bond acceptors (Lipinski definition) is 6. The van der Waals surface area contributed by atoms with Crippen molar-refractivity contribution in [1.82, 2.24) is 20.0 Å². The monoisotopic (exact) mass is 474 g/mol. The summed E-state index contributed by atoms with van der Waals surface area (Å²) in [6, 6.07) is 9.67. The van der Waals surface area contributed by atoms with Gasteiger partial charge in [-0.15, -0.1) is 11.3 Å². The van der Waals surface area contributed by atoms with Crippen LogP contribution in [0.5, 0.6) is 0 Å². The normalized spacial score (nSPS) is 21.1. The zero-order valence-electron chi connectivity index (χ0n) is 18.9. The van der Waals surface area contributed by atoms with E-state index in [0.717, 1.165) is 18.7 Å². The number of hydrogen-bond donors (Lipinski definition) is 1. The predicted molar refractivity (Wildman–Crippen MR) is 126 cm³/mol. The molecule has 1 aromatic heterocycles.